The maximum atomic E-state index is 13.6. The molecule has 6 nitrogen and oxygen atoms in total. The average Bonchev–Trinajstić information content (AvgIpc) is 3.43. The van der Waals surface area contributed by atoms with Gasteiger partial charge in [0.1, 0.15) is 11.9 Å². The van der Waals surface area contributed by atoms with E-state index in [1.807, 2.05) is 68.3 Å². The third-order valence-electron chi connectivity index (χ3n) is 6.30. The van der Waals surface area contributed by atoms with E-state index >= 15 is 0 Å². The summed E-state index contributed by atoms with van der Waals surface area (Å²) < 4.78 is 11.5. The number of pyridine rings is 1. The molecule has 3 aromatic rings. The maximum Gasteiger partial charge on any atom is 0.254 e. The van der Waals surface area contributed by atoms with Crippen molar-refractivity contribution in [1.29, 1.82) is 0 Å². The van der Waals surface area contributed by atoms with E-state index in [4.69, 9.17) is 9.26 Å². The van der Waals surface area contributed by atoms with Gasteiger partial charge in [-0.1, -0.05) is 29.4 Å². The van der Waals surface area contributed by atoms with Crippen molar-refractivity contribution in [1.82, 2.24) is 15.0 Å². The van der Waals surface area contributed by atoms with Gasteiger partial charge in [-0.05, 0) is 56.7 Å². The largest absolute Gasteiger partial charge is 0.472 e. The lowest BCUT2D eigenvalue weighted by atomic mass is 9.96. The van der Waals surface area contributed by atoms with E-state index in [1.54, 1.807) is 0 Å². The van der Waals surface area contributed by atoms with E-state index < -0.39 is 0 Å². The van der Waals surface area contributed by atoms with Gasteiger partial charge in [0, 0.05) is 29.9 Å². The number of rotatable bonds is 4. The first-order chi connectivity index (χ1) is 14.5. The maximum absolute atomic E-state index is 13.6. The van der Waals surface area contributed by atoms with Crippen LogP contribution in [0.1, 0.15) is 40.2 Å². The van der Waals surface area contributed by atoms with Gasteiger partial charge in [0.2, 0.25) is 5.88 Å². The number of likely N-dealkylation sites (tertiary alicyclic amines) is 1. The van der Waals surface area contributed by atoms with E-state index in [0.29, 0.717) is 17.4 Å². The second-order valence-corrected chi connectivity index (χ2v) is 8.44. The lowest BCUT2D eigenvalue weighted by molar-refractivity contribution is 0.0467. The molecule has 2 aliphatic rings. The molecular formula is C24H25N3O3. The van der Waals surface area contributed by atoms with Gasteiger partial charge in [-0.2, -0.15) is 0 Å². The number of hydrogen-bond donors (Lipinski definition) is 0. The number of carbonyl (C=O) groups excluding carboxylic acids is 1. The summed E-state index contributed by atoms with van der Waals surface area (Å²) in [5.41, 5.74) is 4.36. The smallest absolute Gasteiger partial charge is 0.254 e. The van der Waals surface area contributed by atoms with E-state index in [0.717, 1.165) is 47.5 Å². The summed E-state index contributed by atoms with van der Waals surface area (Å²) in [6.45, 7) is 6.57. The highest BCUT2D eigenvalue weighted by atomic mass is 16.5. The fourth-order valence-electron chi connectivity index (χ4n) is 4.91. The predicted molar refractivity (Wildman–Crippen MR) is 112 cm³/mol. The number of hydrogen-bond acceptors (Lipinski definition) is 5. The zero-order valence-corrected chi connectivity index (χ0v) is 17.5. The molecule has 3 heterocycles. The van der Waals surface area contributed by atoms with Crippen LogP contribution in [0, 0.1) is 26.7 Å². The second-order valence-electron chi connectivity index (χ2n) is 8.44. The second kappa shape index (κ2) is 7.27. The van der Waals surface area contributed by atoms with Crippen molar-refractivity contribution in [2.75, 3.05) is 6.54 Å². The van der Waals surface area contributed by atoms with Crippen molar-refractivity contribution in [3.8, 4) is 17.0 Å². The van der Waals surface area contributed by atoms with Gasteiger partial charge in [0.15, 0.2) is 0 Å². The molecule has 1 saturated heterocycles. The van der Waals surface area contributed by atoms with E-state index in [2.05, 4.69) is 10.1 Å². The summed E-state index contributed by atoms with van der Waals surface area (Å²) in [5, 5.41) is 4.07. The van der Waals surface area contributed by atoms with E-state index in [1.165, 1.54) is 0 Å². The summed E-state index contributed by atoms with van der Waals surface area (Å²) in [4.78, 5) is 20.0. The first-order valence-electron chi connectivity index (χ1n) is 10.4. The molecule has 2 aromatic heterocycles. The number of ether oxygens (including phenoxy) is 1. The molecule has 154 valence electrons. The molecule has 2 fully saturated rings. The Kier molecular flexibility index (Phi) is 4.57. The van der Waals surface area contributed by atoms with Gasteiger partial charge in [0.05, 0.1) is 11.7 Å². The van der Waals surface area contributed by atoms with Crippen LogP contribution in [-0.2, 0) is 0 Å². The molecule has 0 N–H and O–H groups in total. The zero-order chi connectivity index (χ0) is 20.8. The van der Waals surface area contributed by atoms with E-state index in [-0.39, 0.29) is 18.1 Å². The first-order valence-corrected chi connectivity index (χ1v) is 10.4. The van der Waals surface area contributed by atoms with Crippen molar-refractivity contribution in [2.24, 2.45) is 5.92 Å². The lowest BCUT2D eigenvalue weighted by Gasteiger charge is -2.33. The quantitative estimate of drug-likeness (QED) is 0.648. The van der Waals surface area contributed by atoms with Gasteiger partial charge < -0.3 is 14.2 Å². The third kappa shape index (κ3) is 3.16. The summed E-state index contributed by atoms with van der Waals surface area (Å²) in [5.74, 6) is 1.87. The summed E-state index contributed by atoms with van der Waals surface area (Å²) >= 11 is 0. The van der Waals surface area contributed by atoms with Gasteiger partial charge in [-0.15, -0.1) is 0 Å². The highest BCUT2D eigenvalue weighted by Gasteiger charge is 2.48. The highest BCUT2D eigenvalue weighted by molar-refractivity contribution is 6.01. The molecular weight excluding hydrogens is 378 g/mol. The monoisotopic (exact) mass is 403 g/mol. The third-order valence-corrected chi connectivity index (χ3v) is 6.30. The van der Waals surface area contributed by atoms with Crippen LogP contribution in [0.4, 0.5) is 0 Å². The number of fused-ring (bicyclic) bond motifs is 2. The minimum Gasteiger partial charge on any atom is -0.472 e. The van der Waals surface area contributed by atoms with Crippen LogP contribution < -0.4 is 4.74 Å². The normalized spacial score (nSPS) is 22.5. The summed E-state index contributed by atoms with van der Waals surface area (Å²) in [7, 11) is 0. The molecule has 30 heavy (non-hydrogen) atoms. The molecule has 6 heteroatoms. The van der Waals surface area contributed by atoms with Crippen LogP contribution in [-0.4, -0.2) is 39.6 Å². The molecule has 1 saturated carbocycles. The molecule has 0 radical (unpaired) electrons. The lowest BCUT2D eigenvalue weighted by Crippen LogP contribution is -2.47. The number of aromatic nitrogens is 2. The van der Waals surface area contributed by atoms with Gasteiger partial charge >= 0.3 is 0 Å². The Labute approximate surface area is 175 Å². The van der Waals surface area contributed by atoms with Crippen LogP contribution in [0.25, 0.3) is 11.1 Å². The molecule has 1 aromatic carbocycles. The number of benzene rings is 1. The number of amides is 1. The van der Waals surface area contributed by atoms with Gasteiger partial charge in [-0.3, -0.25) is 4.79 Å². The van der Waals surface area contributed by atoms with Crippen molar-refractivity contribution in [2.45, 2.75) is 45.8 Å². The molecule has 2 bridgehead atoms. The zero-order valence-electron chi connectivity index (χ0n) is 17.5. The molecule has 3 unspecified atom stereocenters. The Morgan fingerprint density at radius 1 is 1.13 bits per heavy atom. The Balaban J connectivity index is 1.42. The summed E-state index contributed by atoms with van der Waals surface area (Å²) in [6, 6.07) is 11.7. The van der Waals surface area contributed by atoms with Crippen LogP contribution in [0.2, 0.25) is 0 Å². The summed E-state index contributed by atoms with van der Waals surface area (Å²) in [6.07, 6.45) is 3.74. The van der Waals surface area contributed by atoms with Crippen molar-refractivity contribution < 1.29 is 14.1 Å². The SMILES string of the molecule is Cc1ccc(OC2CC3CC2N(C(=O)c2ccccc2-c2c(C)noc2C)C3)nc1. The first kappa shape index (κ1) is 18.9. The number of piperidine rings is 1. The Hall–Kier alpha value is -3.15. The van der Waals surface area contributed by atoms with E-state index in [9.17, 15) is 4.79 Å². The van der Waals surface area contributed by atoms with Crippen LogP contribution in [0.3, 0.4) is 0 Å². The number of carbonyl (C=O) groups is 1. The Morgan fingerprint density at radius 2 is 1.97 bits per heavy atom. The molecule has 1 aliphatic carbocycles. The number of aryl methyl sites for hydroxylation is 3. The van der Waals surface area contributed by atoms with Crippen molar-refractivity contribution in [3.05, 3.63) is 65.2 Å². The highest BCUT2D eigenvalue weighted by Crippen LogP contribution is 2.41. The van der Waals surface area contributed by atoms with Crippen LogP contribution >= 0.6 is 0 Å². The topological polar surface area (TPSA) is 68.5 Å². The average molecular weight is 403 g/mol. The minimum atomic E-state index is -0.0193. The van der Waals surface area contributed by atoms with Crippen LogP contribution in [0.15, 0.2) is 47.1 Å². The molecule has 0 spiro atoms. The fourth-order valence-corrected chi connectivity index (χ4v) is 4.91. The Morgan fingerprint density at radius 3 is 2.67 bits per heavy atom. The fraction of sp³-hybridized carbons (Fsp3) is 0.375. The van der Waals surface area contributed by atoms with Crippen molar-refractivity contribution >= 4 is 5.91 Å². The van der Waals surface area contributed by atoms with Crippen molar-refractivity contribution in [3.63, 3.8) is 0 Å². The molecule has 1 aliphatic heterocycles. The number of nitrogens with zero attached hydrogens (tertiary/aromatic N) is 3. The molecule has 3 atom stereocenters. The molecule has 5 rings (SSSR count). The van der Waals surface area contributed by atoms with Gasteiger partial charge in [-0.25, -0.2) is 4.98 Å². The van der Waals surface area contributed by atoms with Crippen LogP contribution in [0.5, 0.6) is 5.88 Å². The standard InChI is InChI=1S/C24H25N3O3/c1-14-8-9-22(25-12-14)29-21-11-17-10-20(21)27(13-17)24(28)19-7-5-4-6-18(19)23-15(2)26-30-16(23)3/h4-9,12,17,20-21H,10-11,13H2,1-3H3. The molecule has 1 amide bonds. The minimum absolute atomic E-state index is 0.0193. The Bertz CT molecular complexity index is 1070. The van der Waals surface area contributed by atoms with Gasteiger partial charge in [0.25, 0.3) is 5.91 Å². The predicted octanol–water partition coefficient (Wildman–Crippen LogP) is 4.34.